The van der Waals surface area contributed by atoms with E-state index in [1.807, 2.05) is 0 Å². The molecule has 1 unspecified atom stereocenters. The number of benzene rings is 1. The smallest absolute Gasteiger partial charge is 0.152 e. The summed E-state index contributed by atoms with van der Waals surface area (Å²) in [7, 11) is -1.46. The van der Waals surface area contributed by atoms with Crippen molar-refractivity contribution in [1.82, 2.24) is 0 Å². The standard InChI is InChI=1S/C11H14F2N2O2S/c1-15(8-2-3-18(16,17)6-8)10-5-7(12)4-9(13)11(10)14/h4-5,8H,2-3,6,14H2,1H3. The number of rotatable bonds is 2. The van der Waals surface area contributed by atoms with Gasteiger partial charge in [0.05, 0.1) is 22.9 Å². The molecule has 7 heteroatoms. The lowest BCUT2D eigenvalue weighted by Crippen LogP contribution is -2.33. The average Bonchev–Trinajstić information content (AvgIpc) is 2.63. The molecule has 1 aliphatic heterocycles. The van der Waals surface area contributed by atoms with Crippen molar-refractivity contribution in [2.45, 2.75) is 12.5 Å². The molecule has 1 atom stereocenters. The zero-order valence-corrected chi connectivity index (χ0v) is 10.7. The molecule has 0 aromatic heterocycles. The van der Waals surface area contributed by atoms with Crippen LogP contribution in [-0.4, -0.2) is 33.0 Å². The summed E-state index contributed by atoms with van der Waals surface area (Å²) >= 11 is 0. The number of nitrogen functional groups attached to an aromatic ring is 1. The Labute approximate surface area is 104 Å². The van der Waals surface area contributed by atoms with Gasteiger partial charge in [0.1, 0.15) is 5.82 Å². The van der Waals surface area contributed by atoms with Gasteiger partial charge >= 0.3 is 0 Å². The second kappa shape index (κ2) is 4.38. The van der Waals surface area contributed by atoms with Crippen LogP contribution in [0.5, 0.6) is 0 Å². The summed E-state index contributed by atoms with van der Waals surface area (Å²) in [6.07, 6.45) is 0.441. The van der Waals surface area contributed by atoms with Crippen LogP contribution in [0.2, 0.25) is 0 Å². The van der Waals surface area contributed by atoms with Gasteiger partial charge in [-0.25, -0.2) is 17.2 Å². The van der Waals surface area contributed by atoms with Crippen LogP contribution >= 0.6 is 0 Å². The van der Waals surface area contributed by atoms with Gasteiger partial charge in [-0.15, -0.1) is 0 Å². The number of nitrogens with zero attached hydrogens (tertiary/aromatic N) is 1. The summed E-state index contributed by atoms with van der Waals surface area (Å²) in [4.78, 5) is 1.53. The molecule has 100 valence electrons. The Kier molecular flexibility index (Phi) is 3.18. The summed E-state index contributed by atoms with van der Waals surface area (Å²) in [6.45, 7) is 0. The van der Waals surface area contributed by atoms with E-state index in [1.54, 1.807) is 7.05 Å². The Morgan fingerprint density at radius 1 is 1.39 bits per heavy atom. The molecule has 2 rings (SSSR count). The highest BCUT2D eigenvalue weighted by Gasteiger charge is 2.31. The van der Waals surface area contributed by atoms with E-state index in [0.29, 0.717) is 12.5 Å². The average molecular weight is 276 g/mol. The van der Waals surface area contributed by atoms with Crippen molar-refractivity contribution in [2.75, 3.05) is 29.2 Å². The van der Waals surface area contributed by atoms with E-state index >= 15 is 0 Å². The van der Waals surface area contributed by atoms with Crippen molar-refractivity contribution in [3.05, 3.63) is 23.8 Å². The number of hydrogen-bond acceptors (Lipinski definition) is 4. The van der Waals surface area contributed by atoms with Gasteiger partial charge in [-0.1, -0.05) is 0 Å². The van der Waals surface area contributed by atoms with Crippen LogP contribution in [0, 0.1) is 11.6 Å². The lowest BCUT2D eigenvalue weighted by atomic mass is 10.1. The first-order valence-electron chi connectivity index (χ1n) is 5.48. The summed E-state index contributed by atoms with van der Waals surface area (Å²) in [5.74, 6) is -1.48. The predicted molar refractivity (Wildman–Crippen MR) is 66.2 cm³/mol. The molecular formula is C11H14F2N2O2S. The lowest BCUT2D eigenvalue weighted by Gasteiger charge is -2.27. The van der Waals surface area contributed by atoms with E-state index in [1.165, 1.54) is 4.90 Å². The third-order valence-electron chi connectivity index (χ3n) is 3.21. The fourth-order valence-electron chi connectivity index (χ4n) is 2.14. The molecule has 0 saturated carbocycles. The van der Waals surface area contributed by atoms with Crippen LogP contribution in [-0.2, 0) is 9.84 Å². The van der Waals surface area contributed by atoms with E-state index in [9.17, 15) is 17.2 Å². The van der Waals surface area contributed by atoms with Gasteiger partial charge in [0.25, 0.3) is 0 Å². The highest BCUT2D eigenvalue weighted by Crippen LogP contribution is 2.30. The zero-order chi connectivity index (χ0) is 13.5. The Morgan fingerprint density at radius 3 is 2.61 bits per heavy atom. The quantitative estimate of drug-likeness (QED) is 0.824. The second-order valence-electron chi connectivity index (χ2n) is 4.49. The molecule has 0 amide bonds. The minimum Gasteiger partial charge on any atom is -0.395 e. The van der Waals surface area contributed by atoms with Gasteiger partial charge in [-0.2, -0.15) is 0 Å². The zero-order valence-electron chi connectivity index (χ0n) is 9.86. The van der Waals surface area contributed by atoms with E-state index in [4.69, 9.17) is 5.73 Å². The molecule has 1 heterocycles. The third kappa shape index (κ3) is 2.40. The summed E-state index contributed by atoms with van der Waals surface area (Å²) in [5, 5.41) is 0. The molecule has 2 N–H and O–H groups in total. The van der Waals surface area contributed by atoms with E-state index in [2.05, 4.69) is 0 Å². The number of nitrogens with two attached hydrogens (primary N) is 1. The highest BCUT2D eigenvalue weighted by atomic mass is 32.2. The fraction of sp³-hybridized carbons (Fsp3) is 0.455. The largest absolute Gasteiger partial charge is 0.395 e. The number of sulfone groups is 1. The third-order valence-corrected chi connectivity index (χ3v) is 4.96. The molecular weight excluding hydrogens is 262 g/mol. The number of hydrogen-bond donors (Lipinski definition) is 1. The van der Waals surface area contributed by atoms with Crippen molar-refractivity contribution in [3.63, 3.8) is 0 Å². The maximum Gasteiger partial charge on any atom is 0.152 e. The Morgan fingerprint density at radius 2 is 2.06 bits per heavy atom. The molecule has 0 radical (unpaired) electrons. The first kappa shape index (κ1) is 13.1. The van der Waals surface area contributed by atoms with Gasteiger partial charge in [0.15, 0.2) is 15.7 Å². The molecule has 1 aromatic rings. The Hall–Kier alpha value is -1.37. The Bertz CT molecular complexity index is 575. The van der Waals surface area contributed by atoms with E-state index in [-0.39, 0.29) is 28.9 Å². The van der Waals surface area contributed by atoms with Gasteiger partial charge in [-0.3, -0.25) is 0 Å². The molecule has 0 bridgehead atoms. The maximum absolute atomic E-state index is 13.3. The van der Waals surface area contributed by atoms with Crippen LogP contribution in [0.3, 0.4) is 0 Å². The first-order valence-corrected chi connectivity index (χ1v) is 7.30. The van der Waals surface area contributed by atoms with Crippen molar-refractivity contribution >= 4 is 21.2 Å². The monoisotopic (exact) mass is 276 g/mol. The number of halogens is 2. The van der Waals surface area contributed by atoms with Crippen LogP contribution in [0.15, 0.2) is 12.1 Å². The molecule has 1 aliphatic rings. The topological polar surface area (TPSA) is 63.4 Å². The summed E-state index contributed by atoms with van der Waals surface area (Å²) in [6, 6.07) is 1.53. The second-order valence-corrected chi connectivity index (χ2v) is 6.72. The van der Waals surface area contributed by atoms with Gasteiger partial charge in [-0.05, 0) is 12.5 Å². The van der Waals surface area contributed by atoms with Crippen molar-refractivity contribution in [1.29, 1.82) is 0 Å². The van der Waals surface area contributed by atoms with Crippen molar-refractivity contribution < 1.29 is 17.2 Å². The molecule has 18 heavy (non-hydrogen) atoms. The predicted octanol–water partition coefficient (Wildman–Crippen LogP) is 1.17. The molecule has 1 fully saturated rings. The van der Waals surface area contributed by atoms with Crippen LogP contribution in [0.25, 0.3) is 0 Å². The normalized spacial score (nSPS) is 22.1. The highest BCUT2D eigenvalue weighted by molar-refractivity contribution is 7.91. The van der Waals surface area contributed by atoms with Crippen LogP contribution in [0.1, 0.15) is 6.42 Å². The summed E-state index contributed by atoms with van der Waals surface area (Å²) < 4.78 is 49.3. The molecule has 0 spiro atoms. The fourth-order valence-corrected chi connectivity index (χ4v) is 3.91. The minimum atomic E-state index is -3.05. The first-order chi connectivity index (χ1) is 8.30. The van der Waals surface area contributed by atoms with Crippen molar-refractivity contribution in [2.24, 2.45) is 0 Å². The van der Waals surface area contributed by atoms with E-state index in [0.717, 1.165) is 6.07 Å². The lowest BCUT2D eigenvalue weighted by molar-refractivity contribution is 0.583. The van der Waals surface area contributed by atoms with Gasteiger partial charge in [0, 0.05) is 19.2 Å². The molecule has 1 aromatic carbocycles. The number of anilines is 2. The Balaban J connectivity index is 2.32. The van der Waals surface area contributed by atoms with Crippen LogP contribution in [0.4, 0.5) is 20.2 Å². The minimum absolute atomic E-state index is 0.0128. The molecule has 0 aliphatic carbocycles. The SMILES string of the molecule is CN(c1cc(F)cc(F)c1N)C1CCS(=O)(=O)C1. The maximum atomic E-state index is 13.3. The summed E-state index contributed by atoms with van der Waals surface area (Å²) in [5.41, 5.74) is 5.58. The van der Waals surface area contributed by atoms with Crippen molar-refractivity contribution in [3.8, 4) is 0 Å². The van der Waals surface area contributed by atoms with Crippen LogP contribution < -0.4 is 10.6 Å². The molecule has 4 nitrogen and oxygen atoms in total. The van der Waals surface area contributed by atoms with Gasteiger partial charge < -0.3 is 10.6 Å². The molecule has 1 saturated heterocycles. The van der Waals surface area contributed by atoms with E-state index < -0.39 is 21.5 Å². The van der Waals surface area contributed by atoms with Gasteiger partial charge in [0.2, 0.25) is 0 Å².